The SMILES string of the molecule is CCN(CC)Cc1ccccc1CNC(=O)c1sc2nc(Cc3ccccc3)[nH]c(=O)c2c1C. The number of carbonyl (C=O) groups is 1. The van der Waals surface area contributed by atoms with Gasteiger partial charge in [-0.2, -0.15) is 0 Å². The van der Waals surface area contributed by atoms with Gasteiger partial charge in [0, 0.05) is 19.5 Å². The minimum atomic E-state index is -0.201. The molecule has 7 heteroatoms. The molecule has 0 aliphatic rings. The smallest absolute Gasteiger partial charge is 0.261 e. The van der Waals surface area contributed by atoms with Crippen LogP contribution in [0.1, 0.15) is 51.6 Å². The number of hydrogen-bond acceptors (Lipinski definition) is 5. The van der Waals surface area contributed by atoms with Crippen molar-refractivity contribution in [2.24, 2.45) is 0 Å². The van der Waals surface area contributed by atoms with Crippen molar-refractivity contribution in [3.05, 3.63) is 97.9 Å². The van der Waals surface area contributed by atoms with Gasteiger partial charge in [0.1, 0.15) is 10.7 Å². The van der Waals surface area contributed by atoms with Crippen LogP contribution in [0.15, 0.2) is 59.4 Å². The molecule has 0 aliphatic heterocycles. The molecule has 34 heavy (non-hydrogen) atoms. The van der Waals surface area contributed by atoms with Crippen LogP contribution in [0.2, 0.25) is 0 Å². The number of carbonyl (C=O) groups excluding carboxylic acids is 1. The van der Waals surface area contributed by atoms with E-state index in [4.69, 9.17) is 0 Å². The second-order valence-corrected chi connectivity index (χ2v) is 9.32. The molecule has 0 atom stereocenters. The molecule has 0 spiro atoms. The molecule has 2 aromatic carbocycles. The molecule has 1 amide bonds. The van der Waals surface area contributed by atoms with Gasteiger partial charge in [-0.3, -0.25) is 14.5 Å². The Morgan fingerprint density at radius 1 is 1.03 bits per heavy atom. The summed E-state index contributed by atoms with van der Waals surface area (Å²) in [6.45, 7) is 9.36. The second kappa shape index (κ2) is 10.8. The van der Waals surface area contributed by atoms with Gasteiger partial charge in [-0.15, -0.1) is 11.3 Å². The Labute approximate surface area is 203 Å². The van der Waals surface area contributed by atoms with Crippen LogP contribution >= 0.6 is 11.3 Å². The van der Waals surface area contributed by atoms with Crippen LogP contribution in [0, 0.1) is 6.92 Å². The number of benzene rings is 2. The lowest BCUT2D eigenvalue weighted by Gasteiger charge is -2.20. The summed E-state index contributed by atoms with van der Waals surface area (Å²) < 4.78 is 0. The molecule has 0 saturated carbocycles. The molecular weight excluding hydrogens is 444 g/mol. The van der Waals surface area contributed by atoms with Gasteiger partial charge in [-0.25, -0.2) is 4.98 Å². The van der Waals surface area contributed by atoms with Gasteiger partial charge < -0.3 is 10.3 Å². The molecule has 4 aromatic rings. The van der Waals surface area contributed by atoms with Gasteiger partial charge in [0.05, 0.1) is 10.3 Å². The van der Waals surface area contributed by atoms with E-state index < -0.39 is 0 Å². The second-order valence-electron chi connectivity index (χ2n) is 8.32. The molecule has 2 N–H and O–H groups in total. The molecular formula is C27H30N4O2S. The zero-order chi connectivity index (χ0) is 24.1. The molecule has 0 saturated heterocycles. The van der Waals surface area contributed by atoms with E-state index in [1.54, 1.807) is 0 Å². The highest BCUT2D eigenvalue weighted by atomic mass is 32.1. The molecule has 6 nitrogen and oxygen atoms in total. The van der Waals surface area contributed by atoms with Crippen LogP contribution in [0.25, 0.3) is 10.2 Å². The van der Waals surface area contributed by atoms with E-state index in [1.807, 2.05) is 49.4 Å². The normalized spacial score (nSPS) is 11.3. The number of hydrogen-bond donors (Lipinski definition) is 2. The summed E-state index contributed by atoms with van der Waals surface area (Å²) in [4.78, 5) is 36.9. The van der Waals surface area contributed by atoms with Crippen LogP contribution in [0.3, 0.4) is 0 Å². The van der Waals surface area contributed by atoms with Gasteiger partial charge in [0.15, 0.2) is 0 Å². The number of amides is 1. The fourth-order valence-corrected chi connectivity index (χ4v) is 5.22. The number of aromatic nitrogens is 2. The van der Waals surface area contributed by atoms with E-state index in [-0.39, 0.29) is 11.5 Å². The Bertz CT molecular complexity index is 1340. The average Bonchev–Trinajstić information content (AvgIpc) is 3.19. The predicted molar refractivity (Wildman–Crippen MR) is 138 cm³/mol. The summed E-state index contributed by atoms with van der Waals surface area (Å²) in [5.41, 5.74) is 3.85. The summed E-state index contributed by atoms with van der Waals surface area (Å²) >= 11 is 1.28. The number of H-pyrrole nitrogens is 1. The lowest BCUT2D eigenvalue weighted by atomic mass is 10.1. The first-order chi connectivity index (χ1) is 16.5. The number of thiophene rings is 1. The Morgan fingerprint density at radius 3 is 2.41 bits per heavy atom. The maximum Gasteiger partial charge on any atom is 0.261 e. The summed E-state index contributed by atoms with van der Waals surface area (Å²) in [7, 11) is 0. The van der Waals surface area contributed by atoms with Crippen molar-refractivity contribution >= 4 is 27.5 Å². The summed E-state index contributed by atoms with van der Waals surface area (Å²) in [6, 6.07) is 18.1. The molecule has 0 fully saturated rings. The third kappa shape index (κ3) is 5.26. The van der Waals surface area contributed by atoms with Crippen molar-refractivity contribution in [2.45, 2.75) is 40.3 Å². The highest BCUT2D eigenvalue weighted by molar-refractivity contribution is 7.20. The Hall–Kier alpha value is -3.29. The van der Waals surface area contributed by atoms with Gasteiger partial charge >= 0.3 is 0 Å². The molecule has 176 valence electrons. The highest BCUT2D eigenvalue weighted by Gasteiger charge is 2.19. The maximum absolute atomic E-state index is 13.1. The molecule has 0 aliphatic carbocycles. The van der Waals surface area contributed by atoms with E-state index >= 15 is 0 Å². The quantitative estimate of drug-likeness (QED) is 0.370. The largest absolute Gasteiger partial charge is 0.347 e. The third-order valence-electron chi connectivity index (χ3n) is 6.12. The number of nitrogens with one attached hydrogen (secondary N) is 2. The zero-order valence-electron chi connectivity index (χ0n) is 19.9. The van der Waals surface area contributed by atoms with E-state index in [2.05, 4.69) is 46.2 Å². The number of rotatable bonds is 9. The van der Waals surface area contributed by atoms with E-state index in [0.717, 1.165) is 30.8 Å². The first-order valence-corrected chi connectivity index (χ1v) is 12.4. The Kier molecular flexibility index (Phi) is 7.55. The summed E-state index contributed by atoms with van der Waals surface area (Å²) in [5, 5.41) is 3.55. The van der Waals surface area contributed by atoms with Gasteiger partial charge in [0.25, 0.3) is 11.5 Å². The van der Waals surface area contributed by atoms with Crippen molar-refractivity contribution in [2.75, 3.05) is 13.1 Å². The maximum atomic E-state index is 13.1. The molecule has 0 bridgehead atoms. The van der Waals surface area contributed by atoms with Gasteiger partial charge in [-0.1, -0.05) is 68.4 Å². The minimum Gasteiger partial charge on any atom is -0.347 e. The minimum absolute atomic E-state index is 0.179. The monoisotopic (exact) mass is 474 g/mol. The number of nitrogens with zero attached hydrogens (tertiary/aromatic N) is 2. The molecule has 2 aromatic heterocycles. The van der Waals surface area contributed by atoms with Crippen LogP contribution in [-0.4, -0.2) is 33.9 Å². The van der Waals surface area contributed by atoms with Crippen LogP contribution in [0.4, 0.5) is 0 Å². The van der Waals surface area contributed by atoms with Crippen molar-refractivity contribution in [1.29, 1.82) is 0 Å². The Morgan fingerprint density at radius 2 is 1.71 bits per heavy atom. The molecule has 0 radical (unpaired) electrons. The fourth-order valence-electron chi connectivity index (χ4n) is 4.11. The first kappa shape index (κ1) is 23.9. The predicted octanol–water partition coefficient (Wildman–Crippen LogP) is 4.66. The molecule has 4 rings (SSSR count). The highest BCUT2D eigenvalue weighted by Crippen LogP contribution is 2.27. The van der Waals surface area contributed by atoms with Crippen LogP contribution in [-0.2, 0) is 19.5 Å². The summed E-state index contributed by atoms with van der Waals surface area (Å²) in [6.07, 6.45) is 0.536. The standard InChI is InChI=1S/C27H30N4O2S/c1-4-31(5-2)17-21-14-10-9-13-20(21)16-28-26(33)24-18(3)23-25(32)29-22(30-27(23)34-24)15-19-11-7-6-8-12-19/h6-14H,4-5,15-17H2,1-3H3,(H,28,33)(H,29,30,32). The van der Waals surface area contributed by atoms with E-state index in [9.17, 15) is 9.59 Å². The van der Waals surface area contributed by atoms with E-state index in [1.165, 1.54) is 16.9 Å². The van der Waals surface area contributed by atoms with Crippen molar-refractivity contribution in [3.8, 4) is 0 Å². The number of aromatic amines is 1. The fraction of sp³-hybridized carbons (Fsp3) is 0.296. The number of fused-ring (bicyclic) bond motifs is 1. The molecule has 0 unspecified atom stereocenters. The van der Waals surface area contributed by atoms with Crippen LogP contribution < -0.4 is 10.9 Å². The summed E-state index contributed by atoms with van der Waals surface area (Å²) in [5.74, 6) is 0.421. The number of aryl methyl sites for hydroxylation is 1. The van der Waals surface area contributed by atoms with Crippen molar-refractivity contribution in [3.63, 3.8) is 0 Å². The lowest BCUT2D eigenvalue weighted by molar-refractivity contribution is 0.0954. The topological polar surface area (TPSA) is 78.1 Å². The van der Waals surface area contributed by atoms with E-state index in [0.29, 0.717) is 39.4 Å². The van der Waals surface area contributed by atoms with Gasteiger partial charge in [-0.05, 0) is 42.3 Å². The van der Waals surface area contributed by atoms with Gasteiger partial charge in [0.2, 0.25) is 0 Å². The lowest BCUT2D eigenvalue weighted by Crippen LogP contribution is -2.26. The van der Waals surface area contributed by atoms with Crippen molar-refractivity contribution < 1.29 is 4.79 Å². The Balaban J connectivity index is 1.54. The first-order valence-electron chi connectivity index (χ1n) is 11.6. The third-order valence-corrected chi connectivity index (χ3v) is 7.30. The average molecular weight is 475 g/mol. The zero-order valence-corrected chi connectivity index (χ0v) is 20.7. The van der Waals surface area contributed by atoms with Crippen molar-refractivity contribution in [1.82, 2.24) is 20.2 Å². The van der Waals surface area contributed by atoms with Crippen LogP contribution in [0.5, 0.6) is 0 Å². The molecule has 2 heterocycles.